The molecule has 2 aromatic rings. The van der Waals surface area contributed by atoms with Gasteiger partial charge in [0.2, 0.25) is 0 Å². The summed E-state index contributed by atoms with van der Waals surface area (Å²) in [5, 5.41) is 11.5. The number of nitrogens with zero attached hydrogens (tertiary/aromatic N) is 1. The molecule has 2 aromatic carbocycles. The highest BCUT2D eigenvalue weighted by Crippen LogP contribution is 2.28. The molecular formula is C16H17NO2. The van der Waals surface area contributed by atoms with Crippen molar-refractivity contribution < 1.29 is 9.94 Å². The summed E-state index contributed by atoms with van der Waals surface area (Å²) in [5.74, 6) is 1.64. The lowest BCUT2D eigenvalue weighted by Gasteiger charge is -2.12. The SMILES string of the molecule is Cc1cc(C)c(C)c(Oc2ccc(C=NO)cc2)c1. The highest BCUT2D eigenvalue weighted by atomic mass is 16.5. The summed E-state index contributed by atoms with van der Waals surface area (Å²) < 4.78 is 5.90. The zero-order valence-electron chi connectivity index (χ0n) is 11.3. The Labute approximate surface area is 113 Å². The molecule has 0 heterocycles. The van der Waals surface area contributed by atoms with Crippen molar-refractivity contribution >= 4 is 6.21 Å². The largest absolute Gasteiger partial charge is 0.457 e. The summed E-state index contributed by atoms with van der Waals surface area (Å²) >= 11 is 0. The lowest BCUT2D eigenvalue weighted by molar-refractivity contribution is 0.322. The van der Waals surface area contributed by atoms with Crippen LogP contribution in [0.1, 0.15) is 22.3 Å². The Morgan fingerprint density at radius 3 is 2.37 bits per heavy atom. The van der Waals surface area contributed by atoms with Crippen LogP contribution in [0.5, 0.6) is 11.5 Å². The molecule has 0 amide bonds. The molecule has 0 aliphatic rings. The molecule has 0 fully saturated rings. The van der Waals surface area contributed by atoms with E-state index in [4.69, 9.17) is 9.94 Å². The number of benzene rings is 2. The summed E-state index contributed by atoms with van der Waals surface area (Å²) in [7, 11) is 0. The lowest BCUT2D eigenvalue weighted by Crippen LogP contribution is -1.92. The highest BCUT2D eigenvalue weighted by molar-refractivity contribution is 5.79. The molecule has 0 radical (unpaired) electrons. The third-order valence-electron chi connectivity index (χ3n) is 3.08. The topological polar surface area (TPSA) is 41.8 Å². The fourth-order valence-electron chi connectivity index (χ4n) is 1.92. The van der Waals surface area contributed by atoms with Crippen LogP contribution in [0.15, 0.2) is 41.6 Å². The Bertz CT molecular complexity index is 601. The van der Waals surface area contributed by atoms with Gasteiger partial charge in [-0.05, 0) is 73.4 Å². The third kappa shape index (κ3) is 3.13. The van der Waals surface area contributed by atoms with Crippen molar-refractivity contribution in [2.45, 2.75) is 20.8 Å². The molecule has 1 N–H and O–H groups in total. The first-order chi connectivity index (χ1) is 9.10. The Morgan fingerprint density at radius 2 is 1.74 bits per heavy atom. The van der Waals surface area contributed by atoms with E-state index in [1.807, 2.05) is 30.3 Å². The van der Waals surface area contributed by atoms with Gasteiger partial charge in [-0.1, -0.05) is 11.2 Å². The van der Waals surface area contributed by atoms with Gasteiger partial charge < -0.3 is 9.94 Å². The Kier molecular flexibility index (Phi) is 3.85. The van der Waals surface area contributed by atoms with Crippen LogP contribution < -0.4 is 4.74 Å². The molecule has 19 heavy (non-hydrogen) atoms. The van der Waals surface area contributed by atoms with Crippen LogP contribution in [0.25, 0.3) is 0 Å². The van der Waals surface area contributed by atoms with E-state index in [-0.39, 0.29) is 0 Å². The average molecular weight is 255 g/mol. The third-order valence-corrected chi connectivity index (χ3v) is 3.08. The maximum Gasteiger partial charge on any atom is 0.130 e. The van der Waals surface area contributed by atoms with Gasteiger partial charge in [0.15, 0.2) is 0 Å². The summed E-state index contributed by atoms with van der Waals surface area (Å²) in [6, 6.07) is 11.6. The van der Waals surface area contributed by atoms with Crippen molar-refractivity contribution in [3.8, 4) is 11.5 Å². The van der Waals surface area contributed by atoms with Crippen LogP contribution in [0.4, 0.5) is 0 Å². The monoisotopic (exact) mass is 255 g/mol. The maximum absolute atomic E-state index is 8.46. The predicted octanol–water partition coefficient (Wildman–Crippen LogP) is 4.21. The molecule has 0 saturated heterocycles. The molecule has 98 valence electrons. The van der Waals surface area contributed by atoms with Gasteiger partial charge in [-0.15, -0.1) is 0 Å². The van der Waals surface area contributed by atoms with E-state index in [2.05, 4.69) is 32.0 Å². The van der Waals surface area contributed by atoms with Gasteiger partial charge in [-0.3, -0.25) is 0 Å². The van der Waals surface area contributed by atoms with Crippen molar-refractivity contribution in [3.63, 3.8) is 0 Å². The standard InChI is InChI=1S/C16H17NO2/c1-11-8-12(2)13(3)16(9-11)19-15-6-4-14(5-7-15)10-17-18/h4-10,18H,1-3H3. The fourth-order valence-corrected chi connectivity index (χ4v) is 1.92. The van der Waals surface area contributed by atoms with Crippen LogP contribution in [0.2, 0.25) is 0 Å². The number of hydrogen-bond donors (Lipinski definition) is 1. The summed E-state index contributed by atoms with van der Waals surface area (Å²) in [6.07, 6.45) is 1.38. The number of rotatable bonds is 3. The summed E-state index contributed by atoms with van der Waals surface area (Å²) in [4.78, 5) is 0. The quantitative estimate of drug-likeness (QED) is 0.507. The highest BCUT2D eigenvalue weighted by Gasteiger charge is 2.05. The molecule has 3 nitrogen and oxygen atoms in total. The number of oxime groups is 1. The van der Waals surface area contributed by atoms with Gasteiger partial charge in [0.05, 0.1) is 6.21 Å². The van der Waals surface area contributed by atoms with Gasteiger partial charge in [0.1, 0.15) is 11.5 Å². The van der Waals surface area contributed by atoms with Crippen molar-refractivity contribution in [2.24, 2.45) is 5.16 Å². The van der Waals surface area contributed by atoms with Gasteiger partial charge in [-0.2, -0.15) is 0 Å². The van der Waals surface area contributed by atoms with Gasteiger partial charge in [0.25, 0.3) is 0 Å². The van der Waals surface area contributed by atoms with Gasteiger partial charge >= 0.3 is 0 Å². The first-order valence-electron chi connectivity index (χ1n) is 6.13. The molecule has 0 atom stereocenters. The summed E-state index contributed by atoms with van der Waals surface area (Å²) in [5.41, 5.74) is 4.37. The van der Waals surface area contributed by atoms with Crippen LogP contribution >= 0.6 is 0 Å². The van der Waals surface area contributed by atoms with E-state index in [0.29, 0.717) is 0 Å². The second-order valence-corrected chi connectivity index (χ2v) is 4.62. The maximum atomic E-state index is 8.46. The lowest BCUT2D eigenvalue weighted by atomic mass is 10.1. The molecular weight excluding hydrogens is 238 g/mol. The molecule has 3 heteroatoms. The molecule has 0 aliphatic heterocycles. The fraction of sp³-hybridized carbons (Fsp3) is 0.188. The van der Waals surface area contributed by atoms with E-state index < -0.39 is 0 Å². The predicted molar refractivity (Wildman–Crippen MR) is 76.5 cm³/mol. The van der Waals surface area contributed by atoms with E-state index >= 15 is 0 Å². The molecule has 0 aliphatic carbocycles. The molecule has 0 saturated carbocycles. The molecule has 0 aromatic heterocycles. The van der Waals surface area contributed by atoms with Crippen LogP contribution in [-0.4, -0.2) is 11.4 Å². The Morgan fingerprint density at radius 1 is 1.05 bits per heavy atom. The number of ether oxygens (including phenoxy) is 1. The van der Waals surface area contributed by atoms with Gasteiger partial charge in [0, 0.05) is 0 Å². The minimum atomic E-state index is 0.767. The van der Waals surface area contributed by atoms with E-state index in [9.17, 15) is 0 Å². The second-order valence-electron chi connectivity index (χ2n) is 4.62. The number of aryl methyl sites for hydroxylation is 2. The van der Waals surface area contributed by atoms with E-state index in [1.165, 1.54) is 17.3 Å². The van der Waals surface area contributed by atoms with Crippen molar-refractivity contribution in [2.75, 3.05) is 0 Å². The van der Waals surface area contributed by atoms with Crippen molar-refractivity contribution in [1.29, 1.82) is 0 Å². The van der Waals surface area contributed by atoms with Crippen LogP contribution in [0, 0.1) is 20.8 Å². The number of hydrogen-bond acceptors (Lipinski definition) is 3. The molecule has 0 unspecified atom stereocenters. The van der Waals surface area contributed by atoms with Crippen LogP contribution in [-0.2, 0) is 0 Å². The van der Waals surface area contributed by atoms with E-state index in [0.717, 1.165) is 22.6 Å². The smallest absolute Gasteiger partial charge is 0.130 e. The van der Waals surface area contributed by atoms with E-state index in [1.54, 1.807) is 0 Å². The second kappa shape index (κ2) is 5.57. The zero-order valence-corrected chi connectivity index (χ0v) is 11.3. The molecule has 0 bridgehead atoms. The molecule has 2 rings (SSSR count). The molecule has 0 spiro atoms. The zero-order chi connectivity index (χ0) is 13.8. The summed E-state index contributed by atoms with van der Waals surface area (Å²) in [6.45, 7) is 6.19. The van der Waals surface area contributed by atoms with Crippen molar-refractivity contribution in [1.82, 2.24) is 0 Å². The minimum absolute atomic E-state index is 0.767. The Hall–Kier alpha value is -2.29. The normalized spacial score (nSPS) is 10.9. The first-order valence-corrected chi connectivity index (χ1v) is 6.13. The van der Waals surface area contributed by atoms with Crippen molar-refractivity contribution in [3.05, 3.63) is 58.7 Å². The minimum Gasteiger partial charge on any atom is -0.457 e. The average Bonchev–Trinajstić information content (AvgIpc) is 2.38. The van der Waals surface area contributed by atoms with Crippen LogP contribution in [0.3, 0.4) is 0 Å². The Balaban J connectivity index is 2.26. The van der Waals surface area contributed by atoms with Gasteiger partial charge in [-0.25, -0.2) is 0 Å². The first kappa shape index (κ1) is 13.1.